The second-order valence-corrected chi connectivity index (χ2v) is 21.7. The molecular formula is C49H35Br2HgN3Na2O20. The molecule has 3 heterocycles. The van der Waals surface area contributed by atoms with Crippen LogP contribution in [0.3, 0.4) is 0 Å². The number of halogens is 2. The number of aliphatic carboxylic acids is 4. The number of rotatable bonds is 20. The third kappa shape index (κ3) is 14.8. The number of aromatic carboxylic acids is 2. The maximum atomic E-state index is 12.5. The number of oxazole rings is 1. The molecule has 1 aliphatic heterocycles. The molecule has 77 heavy (non-hydrogen) atoms. The number of furan rings is 1. The number of ether oxygens (including phenoxy) is 2. The number of carboxylic acid groups (broad SMARTS) is 6. The summed E-state index contributed by atoms with van der Waals surface area (Å²) in [5, 5.41) is 71.7. The molecule has 28 heteroatoms. The van der Waals surface area contributed by atoms with Gasteiger partial charge in [0.15, 0.2) is 5.76 Å². The van der Waals surface area contributed by atoms with Crippen LogP contribution in [0.25, 0.3) is 56.0 Å². The molecule has 0 saturated heterocycles. The molecule has 0 bridgehead atoms. The molecule has 0 spiro atoms. The fourth-order valence-corrected chi connectivity index (χ4v) is 12.5. The monoisotopic (exact) mass is 1390 g/mol. The smallest absolute Gasteiger partial charge is 1.00 e. The van der Waals surface area contributed by atoms with Gasteiger partial charge in [0.2, 0.25) is 5.76 Å². The Kier molecular flexibility index (Phi) is 21.7. The maximum Gasteiger partial charge on any atom is 1.00 e. The van der Waals surface area contributed by atoms with Gasteiger partial charge >= 0.3 is 284 Å². The van der Waals surface area contributed by atoms with E-state index in [1.165, 1.54) is 36.4 Å². The minimum atomic E-state index is -2.75. The van der Waals surface area contributed by atoms with E-state index in [0.717, 1.165) is 21.6 Å². The molecule has 6 aromatic rings. The SMILES string of the molecule is Cc1ccc(N(CC(=O)O)CC(=O)O)c(OCCOc2cc3cc(-c4ncc(C(=O)O)o4)oc3cc2N(CC(=O)O)CC(=O)O)c1.O=C([O-])c1ccccc1-c1c2cc(Br)c(=O)cc-2oc2[c]([Hg][OH])c([O-])c(Br)cc12.[Na+].[Na+]. The molecule has 23 nitrogen and oxygen atoms in total. The largest absolute Gasteiger partial charge is 1.00 e. The van der Waals surface area contributed by atoms with Crippen molar-refractivity contribution in [2.75, 3.05) is 49.2 Å². The predicted molar refractivity (Wildman–Crippen MR) is 261 cm³/mol. The summed E-state index contributed by atoms with van der Waals surface area (Å²) in [5.74, 6) is -8.32. The van der Waals surface area contributed by atoms with E-state index in [-0.39, 0.29) is 153 Å². The summed E-state index contributed by atoms with van der Waals surface area (Å²) >= 11 is 3.71. The third-order valence-corrected chi connectivity index (χ3v) is 15.8. The number of hydrogen-bond acceptors (Lipinski definition) is 18. The summed E-state index contributed by atoms with van der Waals surface area (Å²) in [6, 6.07) is 19.8. The van der Waals surface area contributed by atoms with Gasteiger partial charge in [-0.2, -0.15) is 0 Å². The minimum absolute atomic E-state index is 0. The Labute approximate surface area is 506 Å². The van der Waals surface area contributed by atoms with E-state index >= 15 is 0 Å². The summed E-state index contributed by atoms with van der Waals surface area (Å²) in [6.45, 7) is -1.20. The van der Waals surface area contributed by atoms with Gasteiger partial charge in [-0.15, -0.1) is 0 Å². The zero-order valence-electron chi connectivity index (χ0n) is 40.5. The molecule has 0 atom stereocenters. The molecule has 6 N–H and O–H groups in total. The summed E-state index contributed by atoms with van der Waals surface area (Å²) in [7, 11) is 0. The van der Waals surface area contributed by atoms with Gasteiger partial charge in [-0.3, -0.25) is 19.2 Å². The first-order valence-corrected chi connectivity index (χ1v) is 28.4. The van der Waals surface area contributed by atoms with Crippen molar-refractivity contribution >= 4 is 104 Å². The average molecular weight is 1390 g/mol. The Morgan fingerprint density at radius 2 is 1.30 bits per heavy atom. The average Bonchev–Trinajstić information content (AvgIpc) is 4.01. The van der Waals surface area contributed by atoms with Crippen LogP contribution in [0.5, 0.6) is 17.2 Å². The molecule has 2 aromatic heterocycles. The molecule has 2 aliphatic rings. The molecule has 1 aliphatic carbocycles. The van der Waals surface area contributed by atoms with Crippen LogP contribution in [0.15, 0.2) is 112 Å². The zero-order chi connectivity index (χ0) is 54.4. The van der Waals surface area contributed by atoms with Gasteiger partial charge in [-0.25, -0.2) is 9.78 Å². The second kappa shape index (κ2) is 27.0. The normalized spacial score (nSPS) is 10.6. The first-order chi connectivity index (χ1) is 35.6. The van der Waals surface area contributed by atoms with Crippen molar-refractivity contribution < 1.29 is 174 Å². The topological polar surface area (TPSA) is 364 Å². The second-order valence-electron chi connectivity index (χ2n) is 16.0. The number of hydrogen-bond donors (Lipinski definition) is 6. The van der Waals surface area contributed by atoms with Crippen LogP contribution < -0.4 is 97.1 Å². The van der Waals surface area contributed by atoms with Crippen LogP contribution >= 0.6 is 31.9 Å². The van der Waals surface area contributed by atoms with Gasteiger partial charge < -0.3 is 53.6 Å². The zero-order valence-corrected chi connectivity index (χ0v) is 53.2. The molecule has 0 unspecified atom stereocenters. The Morgan fingerprint density at radius 3 is 1.87 bits per heavy atom. The molecule has 0 fully saturated rings. The fraction of sp³-hybridized carbons (Fsp3) is 0.143. The first-order valence-electron chi connectivity index (χ1n) is 21.6. The van der Waals surface area contributed by atoms with Gasteiger partial charge in [0.05, 0.1) is 17.6 Å². The molecule has 0 amide bonds. The van der Waals surface area contributed by atoms with Gasteiger partial charge in [0, 0.05) is 11.5 Å². The van der Waals surface area contributed by atoms with Crippen LogP contribution in [-0.2, 0) is 44.2 Å². The van der Waals surface area contributed by atoms with Crippen molar-refractivity contribution in [1.82, 2.24) is 4.98 Å². The molecule has 0 saturated carbocycles. The quantitative estimate of drug-likeness (QED) is 0.0292. The number of benzene rings is 5. The Bertz CT molecular complexity index is 3570. The molecule has 384 valence electrons. The van der Waals surface area contributed by atoms with E-state index in [1.807, 2.05) is 0 Å². The fourth-order valence-electron chi connectivity index (χ4n) is 7.77. The summed E-state index contributed by atoms with van der Waals surface area (Å²) in [6.07, 6.45) is 0.995. The molecule has 0 radical (unpaired) electrons. The van der Waals surface area contributed by atoms with Crippen molar-refractivity contribution in [1.29, 1.82) is 0 Å². The summed E-state index contributed by atoms with van der Waals surface area (Å²) < 4.78 is 39.3. The van der Waals surface area contributed by atoms with E-state index in [0.29, 0.717) is 27.5 Å². The van der Waals surface area contributed by atoms with E-state index in [9.17, 15) is 67.2 Å². The third-order valence-electron chi connectivity index (χ3n) is 10.9. The number of carbonyl (C=O) groups is 6. The van der Waals surface area contributed by atoms with Crippen LogP contribution in [0.4, 0.5) is 11.4 Å². The van der Waals surface area contributed by atoms with E-state index in [1.54, 1.807) is 49.4 Å². The molecule has 8 rings (SSSR count). The Balaban J connectivity index is 0.000000303. The van der Waals surface area contributed by atoms with Crippen molar-refractivity contribution in [3.05, 3.63) is 121 Å². The predicted octanol–water partition coefficient (Wildman–Crippen LogP) is -1.35. The van der Waals surface area contributed by atoms with E-state index < -0.39 is 92.8 Å². The number of aromatic nitrogens is 1. The first kappa shape index (κ1) is 61.8. The van der Waals surface area contributed by atoms with Gasteiger partial charge in [-0.1, -0.05) is 6.07 Å². The number of carbonyl (C=O) groups excluding carboxylic acids is 1. The minimum Gasteiger partial charge on any atom is 1.00 e. The van der Waals surface area contributed by atoms with Crippen molar-refractivity contribution in [3.63, 3.8) is 0 Å². The number of carboxylic acids is 6. The van der Waals surface area contributed by atoms with Gasteiger partial charge in [-0.05, 0) is 36.8 Å². The van der Waals surface area contributed by atoms with Crippen LogP contribution in [0.2, 0.25) is 0 Å². The van der Waals surface area contributed by atoms with Gasteiger partial charge in [0.1, 0.15) is 56.5 Å². The summed E-state index contributed by atoms with van der Waals surface area (Å²) in [5.41, 5.74) is 2.30. The number of fused-ring (bicyclic) bond motifs is 3. The van der Waals surface area contributed by atoms with E-state index in [4.69, 9.17) is 27.8 Å². The van der Waals surface area contributed by atoms with Gasteiger partial charge in [0.25, 0.3) is 5.89 Å². The number of nitrogens with zero attached hydrogens (tertiary/aromatic N) is 3. The van der Waals surface area contributed by atoms with Crippen LogP contribution in [0.1, 0.15) is 26.5 Å². The number of anilines is 2. The van der Waals surface area contributed by atoms with Crippen molar-refractivity contribution in [2.45, 2.75) is 6.92 Å². The number of aryl methyl sites for hydroxylation is 1. The molecular weight excluding hydrogens is 1360 g/mol. The van der Waals surface area contributed by atoms with Crippen LogP contribution in [0, 0.1) is 6.92 Å². The van der Waals surface area contributed by atoms with Crippen molar-refractivity contribution in [2.24, 2.45) is 0 Å². The Morgan fingerprint density at radius 1 is 0.701 bits per heavy atom. The standard InChI is InChI=1S/C29H27N3O14.C20H9Br2O5.Hg.2Na.H2O/c1-15-2-3-17(31(11-24(33)34)12-25(35)36)20(6-15)43-4-5-44-21-7-16-8-22(28-30-10-23(46-28)29(41)42)45-19(16)9-18(21)32(13-26(37)38)14-27(39)40;21-13-5-11-17(7-15(13)23)27-18-8-16(24)14(22)6-12(18)19(11)9-3-1-2-4-10(9)20(25)26;;;;/h2-3,6-10H,4-5,11-14H2,1H3,(H,33,34)(H,35,36)(H,37,38)(H,39,40)(H,41,42);1-7,24H,(H,25,26);;;;1H2/q;;3*+1;/p-3. The molecule has 4 aromatic carbocycles. The van der Waals surface area contributed by atoms with Crippen LogP contribution in [-0.4, -0.2) is 109 Å². The maximum absolute atomic E-state index is 12.5. The Hall–Kier alpha value is -6.00. The van der Waals surface area contributed by atoms with E-state index in [2.05, 4.69) is 36.8 Å². The van der Waals surface area contributed by atoms with Crippen molar-refractivity contribution in [3.8, 4) is 51.4 Å². The summed E-state index contributed by atoms with van der Waals surface area (Å²) in [4.78, 5) is 87.0.